The zero-order valence-electron chi connectivity index (χ0n) is 15.9. The molecule has 1 amide bonds. The third-order valence-electron chi connectivity index (χ3n) is 4.89. The lowest BCUT2D eigenvalue weighted by molar-refractivity contribution is -0.120. The van der Waals surface area contributed by atoms with Gasteiger partial charge in [0.1, 0.15) is 5.01 Å². The van der Waals surface area contributed by atoms with Crippen LogP contribution >= 0.6 is 11.3 Å². The second-order valence-electron chi connectivity index (χ2n) is 6.83. The zero-order chi connectivity index (χ0) is 19.3. The molecule has 0 bridgehead atoms. The third kappa shape index (κ3) is 4.15. The first-order valence-electron chi connectivity index (χ1n) is 9.58. The van der Waals surface area contributed by atoms with Crippen LogP contribution in [0.15, 0.2) is 60.1 Å². The fourth-order valence-electron chi connectivity index (χ4n) is 3.31. The monoisotopic (exact) mass is 389 g/mol. The first-order valence-corrected chi connectivity index (χ1v) is 10.5. The number of carbonyl (C=O) groups is 1. The van der Waals surface area contributed by atoms with Gasteiger partial charge in [-0.3, -0.25) is 4.79 Å². The van der Waals surface area contributed by atoms with Gasteiger partial charge in [0.25, 0.3) is 0 Å². The summed E-state index contributed by atoms with van der Waals surface area (Å²) >= 11 is 1.59. The van der Waals surface area contributed by atoms with Crippen molar-refractivity contribution in [3.8, 4) is 10.6 Å². The van der Waals surface area contributed by atoms with Gasteiger partial charge in [-0.1, -0.05) is 49.4 Å². The molecule has 0 spiro atoms. The van der Waals surface area contributed by atoms with Gasteiger partial charge in [-0.25, -0.2) is 4.98 Å². The Hall–Kier alpha value is -2.92. The van der Waals surface area contributed by atoms with Gasteiger partial charge in [0.2, 0.25) is 5.91 Å². The van der Waals surface area contributed by atoms with Gasteiger partial charge < -0.3 is 10.3 Å². The van der Waals surface area contributed by atoms with E-state index in [0.29, 0.717) is 13.0 Å². The van der Waals surface area contributed by atoms with Gasteiger partial charge in [0.15, 0.2) is 0 Å². The van der Waals surface area contributed by atoms with Crippen LogP contribution in [0.4, 0.5) is 0 Å². The van der Waals surface area contributed by atoms with Crippen molar-refractivity contribution in [1.82, 2.24) is 15.3 Å². The summed E-state index contributed by atoms with van der Waals surface area (Å²) in [4.78, 5) is 20.2. The maximum Gasteiger partial charge on any atom is 0.226 e. The number of carbonyl (C=O) groups excluding carboxylic acids is 1. The Balaban J connectivity index is 1.31. The van der Waals surface area contributed by atoms with Crippen molar-refractivity contribution in [2.24, 2.45) is 0 Å². The summed E-state index contributed by atoms with van der Waals surface area (Å²) in [7, 11) is 0. The third-order valence-corrected chi connectivity index (χ3v) is 5.83. The van der Waals surface area contributed by atoms with E-state index in [4.69, 9.17) is 0 Å². The number of hydrogen-bond donors (Lipinski definition) is 2. The summed E-state index contributed by atoms with van der Waals surface area (Å²) in [5.74, 6) is 0.0121. The molecule has 0 unspecified atom stereocenters. The maximum atomic E-state index is 12.3. The quantitative estimate of drug-likeness (QED) is 0.479. The highest BCUT2D eigenvalue weighted by molar-refractivity contribution is 7.13. The van der Waals surface area contributed by atoms with Crippen LogP contribution in [0.2, 0.25) is 0 Å². The molecule has 2 N–H and O–H groups in total. The molecule has 2 aromatic carbocycles. The molecule has 0 aliphatic carbocycles. The number of hydrogen-bond acceptors (Lipinski definition) is 3. The van der Waals surface area contributed by atoms with E-state index >= 15 is 0 Å². The molecule has 5 heteroatoms. The Kier molecular flexibility index (Phi) is 5.53. The molecule has 0 saturated carbocycles. The standard InChI is InChI=1S/C23H23N3OS/c1-2-16-7-9-17(10-8-16)23-26-19(15-28-23)13-22(27)24-12-11-18-14-25-21-6-4-3-5-20(18)21/h3-10,14-15,25H,2,11-13H2,1H3,(H,24,27). The highest BCUT2D eigenvalue weighted by Crippen LogP contribution is 2.24. The second kappa shape index (κ2) is 8.40. The molecule has 2 heterocycles. The summed E-state index contributed by atoms with van der Waals surface area (Å²) in [6.45, 7) is 2.77. The summed E-state index contributed by atoms with van der Waals surface area (Å²) in [5, 5.41) is 7.16. The van der Waals surface area contributed by atoms with Crippen LogP contribution in [-0.4, -0.2) is 22.4 Å². The molecule has 4 nitrogen and oxygen atoms in total. The topological polar surface area (TPSA) is 57.8 Å². The smallest absolute Gasteiger partial charge is 0.226 e. The Morgan fingerprint density at radius 1 is 1.14 bits per heavy atom. The molecular formula is C23H23N3OS. The van der Waals surface area contributed by atoms with Crippen molar-refractivity contribution in [2.75, 3.05) is 6.54 Å². The minimum atomic E-state index is 0.0121. The number of para-hydroxylation sites is 1. The van der Waals surface area contributed by atoms with Crippen LogP contribution in [0.5, 0.6) is 0 Å². The van der Waals surface area contributed by atoms with E-state index < -0.39 is 0 Å². The Morgan fingerprint density at radius 3 is 2.79 bits per heavy atom. The molecule has 0 aliphatic heterocycles. The molecule has 2 aromatic heterocycles. The molecule has 4 rings (SSSR count). The number of amides is 1. The van der Waals surface area contributed by atoms with Gasteiger partial charge in [0, 0.05) is 34.6 Å². The van der Waals surface area contributed by atoms with E-state index in [1.807, 2.05) is 23.7 Å². The highest BCUT2D eigenvalue weighted by Gasteiger charge is 2.10. The summed E-state index contributed by atoms with van der Waals surface area (Å²) < 4.78 is 0. The molecule has 0 radical (unpaired) electrons. The van der Waals surface area contributed by atoms with Crippen molar-refractivity contribution in [2.45, 2.75) is 26.2 Å². The van der Waals surface area contributed by atoms with Crippen molar-refractivity contribution >= 4 is 28.1 Å². The van der Waals surface area contributed by atoms with Gasteiger partial charge >= 0.3 is 0 Å². The number of thiazole rings is 1. The Morgan fingerprint density at radius 2 is 1.96 bits per heavy atom. The summed E-state index contributed by atoms with van der Waals surface area (Å²) in [6.07, 6.45) is 4.18. The number of nitrogens with one attached hydrogen (secondary N) is 2. The maximum absolute atomic E-state index is 12.3. The zero-order valence-corrected chi connectivity index (χ0v) is 16.7. The van der Waals surface area contributed by atoms with E-state index in [0.717, 1.165) is 34.6 Å². The van der Waals surface area contributed by atoms with Crippen molar-refractivity contribution < 1.29 is 4.79 Å². The number of benzene rings is 2. The van der Waals surface area contributed by atoms with Crippen molar-refractivity contribution in [3.63, 3.8) is 0 Å². The van der Waals surface area contributed by atoms with E-state index in [9.17, 15) is 4.79 Å². The fraction of sp³-hybridized carbons (Fsp3) is 0.217. The first kappa shape index (κ1) is 18.4. The second-order valence-corrected chi connectivity index (χ2v) is 7.69. The average Bonchev–Trinajstić information content (AvgIpc) is 3.35. The lowest BCUT2D eigenvalue weighted by Gasteiger charge is -2.04. The number of aryl methyl sites for hydroxylation is 1. The largest absolute Gasteiger partial charge is 0.361 e. The summed E-state index contributed by atoms with van der Waals surface area (Å²) in [6, 6.07) is 16.7. The minimum Gasteiger partial charge on any atom is -0.361 e. The van der Waals surface area contributed by atoms with Gasteiger partial charge in [-0.2, -0.15) is 0 Å². The first-order chi connectivity index (χ1) is 13.7. The number of H-pyrrole nitrogens is 1. The van der Waals surface area contributed by atoms with Gasteiger partial charge in [-0.05, 0) is 30.0 Å². The Bertz CT molecular complexity index is 1080. The normalized spacial score (nSPS) is 11.0. The van der Waals surface area contributed by atoms with Gasteiger partial charge in [-0.15, -0.1) is 11.3 Å². The molecule has 142 valence electrons. The lowest BCUT2D eigenvalue weighted by Crippen LogP contribution is -2.27. The van der Waals surface area contributed by atoms with Gasteiger partial charge in [0.05, 0.1) is 12.1 Å². The van der Waals surface area contributed by atoms with Crippen molar-refractivity contribution in [1.29, 1.82) is 0 Å². The highest BCUT2D eigenvalue weighted by atomic mass is 32.1. The SMILES string of the molecule is CCc1ccc(-c2nc(CC(=O)NCCc3c[nH]c4ccccc34)cs2)cc1. The van der Waals surface area contributed by atoms with Crippen LogP contribution in [-0.2, 0) is 24.1 Å². The molecule has 28 heavy (non-hydrogen) atoms. The van der Waals surface area contributed by atoms with E-state index in [2.05, 4.69) is 58.6 Å². The van der Waals surface area contributed by atoms with Crippen LogP contribution in [0.3, 0.4) is 0 Å². The lowest BCUT2D eigenvalue weighted by atomic mass is 10.1. The molecular weight excluding hydrogens is 366 g/mol. The van der Waals surface area contributed by atoms with Crippen LogP contribution in [0.25, 0.3) is 21.5 Å². The Labute approximate surface area is 168 Å². The number of fused-ring (bicyclic) bond motifs is 1. The molecule has 0 fully saturated rings. The van der Waals surface area contributed by atoms with Crippen LogP contribution in [0.1, 0.15) is 23.7 Å². The molecule has 0 aliphatic rings. The van der Waals surface area contributed by atoms with E-state index in [1.165, 1.54) is 16.5 Å². The van der Waals surface area contributed by atoms with Crippen molar-refractivity contribution in [3.05, 3.63) is 76.9 Å². The number of aromatic nitrogens is 2. The predicted octanol–water partition coefficient (Wildman–Crippen LogP) is 4.76. The van der Waals surface area contributed by atoms with E-state index in [1.54, 1.807) is 11.3 Å². The average molecular weight is 390 g/mol. The summed E-state index contributed by atoms with van der Waals surface area (Å²) in [5.41, 5.74) is 5.60. The number of rotatable bonds is 7. The number of nitrogens with zero attached hydrogens (tertiary/aromatic N) is 1. The van der Waals surface area contributed by atoms with Crippen LogP contribution < -0.4 is 5.32 Å². The minimum absolute atomic E-state index is 0.0121. The number of aromatic amines is 1. The molecule has 0 atom stereocenters. The van der Waals surface area contributed by atoms with E-state index in [-0.39, 0.29) is 5.91 Å². The van der Waals surface area contributed by atoms with Crippen LogP contribution in [0, 0.1) is 0 Å². The molecule has 0 saturated heterocycles. The molecule has 4 aromatic rings. The predicted molar refractivity (Wildman–Crippen MR) is 116 cm³/mol. The fourth-order valence-corrected chi connectivity index (χ4v) is 4.13.